The number of benzene rings is 1. The van der Waals surface area contributed by atoms with Gasteiger partial charge in [-0.3, -0.25) is 14.5 Å². The van der Waals surface area contributed by atoms with Crippen LogP contribution in [0.1, 0.15) is 18.2 Å². The highest BCUT2D eigenvalue weighted by Crippen LogP contribution is 2.31. The van der Waals surface area contributed by atoms with E-state index in [4.69, 9.17) is 0 Å². The lowest BCUT2D eigenvalue weighted by atomic mass is 10.0. The van der Waals surface area contributed by atoms with Crippen LogP contribution >= 0.6 is 0 Å². The zero-order valence-electron chi connectivity index (χ0n) is 18.0. The molecule has 1 amide bonds. The zero-order valence-corrected chi connectivity index (χ0v) is 18.0. The molecule has 0 aliphatic carbocycles. The molecule has 8 heteroatoms. The van der Waals surface area contributed by atoms with Crippen LogP contribution in [0, 0.1) is 0 Å². The Morgan fingerprint density at radius 1 is 1.16 bits per heavy atom. The first-order valence-corrected chi connectivity index (χ1v) is 10.9. The standard InChI is InChI=1S/C24H26N6O2/c1-16(31)30-12-10-29(11-13-30)15-20-18-4-2-3-5-21(18)26-23(20)19-14-22(27-28-24(19)32)17-6-8-25-9-7-17/h2-8,14,25-26H,9-13,15H2,1H3,(H,28,32). The van der Waals surface area contributed by atoms with Gasteiger partial charge in [-0.05, 0) is 30.0 Å². The number of carbonyl (C=O) groups excluding carboxylic acids is 1. The number of nitrogens with one attached hydrogen (secondary N) is 3. The summed E-state index contributed by atoms with van der Waals surface area (Å²) in [4.78, 5) is 32.2. The normalized spacial score (nSPS) is 16.8. The SMILES string of the molecule is CC(=O)N1CCN(Cc2c(-c3cc(C4=CCNC=C4)n[nH]c3=O)[nH]c3ccccc23)CC1. The third-order valence-corrected chi connectivity index (χ3v) is 6.20. The summed E-state index contributed by atoms with van der Waals surface area (Å²) in [7, 11) is 0. The Hall–Kier alpha value is -3.65. The molecule has 2 aliphatic heterocycles. The summed E-state index contributed by atoms with van der Waals surface area (Å²) in [6.07, 6.45) is 5.89. The topological polar surface area (TPSA) is 97.1 Å². The fourth-order valence-corrected chi connectivity index (χ4v) is 4.42. The number of allylic oxidation sites excluding steroid dienone is 2. The van der Waals surface area contributed by atoms with Crippen molar-refractivity contribution >= 4 is 22.4 Å². The van der Waals surface area contributed by atoms with Crippen molar-refractivity contribution in [3.63, 3.8) is 0 Å². The maximum atomic E-state index is 12.8. The molecule has 1 saturated heterocycles. The van der Waals surface area contributed by atoms with Crippen molar-refractivity contribution in [2.45, 2.75) is 13.5 Å². The minimum atomic E-state index is -0.221. The fourth-order valence-electron chi connectivity index (χ4n) is 4.42. The summed E-state index contributed by atoms with van der Waals surface area (Å²) in [6, 6.07) is 9.99. The molecule has 3 N–H and O–H groups in total. The van der Waals surface area contributed by atoms with E-state index >= 15 is 0 Å². The highest BCUT2D eigenvalue weighted by molar-refractivity contribution is 5.91. The Balaban J connectivity index is 1.54. The number of hydrogen-bond donors (Lipinski definition) is 3. The molecular formula is C24H26N6O2. The van der Waals surface area contributed by atoms with Gasteiger partial charge in [0.15, 0.2) is 0 Å². The van der Waals surface area contributed by atoms with Crippen molar-refractivity contribution in [1.29, 1.82) is 0 Å². The van der Waals surface area contributed by atoms with Crippen LogP contribution in [-0.4, -0.2) is 63.6 Å². The van der Waals surface area contributed by atoms with E-state index in [1.165, 1.54) is 0 Å². The van der Waals surface area contributed by atoms with Crippen molar-refractivity contribution in [1.82, 2.24) is 30.3 Å². The van der Waals surface area contributed by atoms with Gasteiger partial charge in [-0.25, -0.2) is 5.10 Å². The highest BCUT2D eigenvalue weighted by Gasteiger charge is 2.23. The molecule has 2 aliphatic rings. The van der Waals surface area contributed by atoms with Crippen molar-refractivity contribution in [2.24, 2.45) is 0 Å². The van der Waals surface area contributed by atoms with E-state index in [2.05, 4.69) is 31.5 Å². The van der Waals surface area contributed by atoms with Crippen LogP contribution in [0.3, 0.4) is 0 Å². The number of carbonyl (C=O) groups is 1. The van der Waals surface area contributed by atoms with Crippen LogP contribution in [0.2, 0.25) is 0 Å². The Bertz CT molecular complexity index is 1280. The van der Waals surface area contributed by atoms with E-state index in [1.807, 2.05) is 47.5 Å². The first-order valence-electron chi connectivity index (χ1n) is 10.9. The van der Waals surface area contributed by atoms with E-state index in [1.54, 1.807) is 6.92 Å². The average molecular weight is 431 g/mol. The smallest absolute Gasteiger partial charge is 0.273 e. The number of amides is 1. The van der Waals surface area contributed by atoms with Gasteiger partial charge >= 0.3 is 0 Å². The highest BCUT2D eigenvalue weighted by atomic mass is 16.2. The number of hydrogen-bond acceptors (Lipinski definition) is 5. The second kappa shape index (κ2) is 8.47. The molecule has 1 fully saturated rings. The number of H-pyrrole nitrogens is 2. The van der Waals surface area contributed by atoms with E-state index in [-0.39, 0.29) is 11.5 Å². The molecule has 3 aromatic rings. The van der Waals surface area contributed by atoms with E-state index < -0.39 is 0 Å². The second-order valence-corrected chi connectivity index (χ2v) is 8.20. The lowest BCUT2D eigenvalue weighted by Crippen LogP contribution is -2.47. The number of aromatic amines is 2. The summed E-state index contributed by atoms with van der Waals surface area (Å²) in [5.41, 5.74) is 4.98. The molecule has 5 rings (SSSR count). The van der Waals surface area contributed by atoms with Crippen molar-refractivity contribution in [2.75, 3.05) is 32.7 Å². The van der Waals surface area contributed by atoms with Crippen LogP contribution in [0.5, 0.6) is 0 Å². The molecule has 164 valence electrons. The molecule has 0 saturated carbocycles. The Kier molecular flexibility index (Phi) is 5.36. The van der Waals surface area contributed by atoms with Crippen LogP contribution in [0.15, 0.2) is 53.5 Å². The molecule has 1 aromatic carbocycles. The molecule has 4 heterocycles. The van der Waals surface area contributed by atoms with Crippen LogP contribution < -0.4 is 10.9 Å². The second-order valence-electron chi connectivity index (χ2n) is 8.20. The molecule has 0 bridgehead atoms. The number of dihydropyridines is 1. The largest absolute Gasteiger partial charge is 0.387 e. The number of aromatic nitrogens is 3. The van der Waals surface area contributed by atoms with Gasteiger partial charge < -0.3 is 15.2 Å². The monoisotopic (exact) mass is 430 g/mol. The predicted molar refractivity (Wildman–Crippen MR) is 125 cm³/mol. The van der Waals surface area contributed by atoms with Gasteiger partial charge in [0.05, 0.1) is 17.0 Å². The van der Waals surface area contributed by atoms with Gasteiger partial charge in [-0.15, -0.1) is 0 Å². The zero-order chi connectivity index (χ0) is 22.1. The number of piperazine rings is 1. The number of fused-ring (bicyclic) bond motifs is 1. The third kappa shape index (κ3) is 3.85. The predicted octanol–water partition coefficient (Wildman–Crippen LogP) is 2.08. The lowest BCUT2D eigenvalue weighted by Gasteiger charge is -2.34. The van der Waals surface area contributed by atoms with E-state index in [0.29, 0.717) is 12.1 Å². The quantitative estimate of drug-likeness (QED) is 0.589. The van der Waals surface area contributed by atoms with E-state index in [0.717, 1.165) is 66.2 Å². The summed E-state index contributed by atoms with van der Waals surface area (Å²) >= 11 is 0. The maximum Gasteiger partial charge on any atom is 0.273 e. The number of para-hydroxylation sites is 1. The summed E-state index contributed by atoms with van der Waals surface area (Å²) in [5.74, 6) is 0.120. The van der Waals surface area contributed by atoms with Crippen molar-refractivity contribution < 1.29 is 4.79 Å². The van der Waals surface area contributed by atoms with Gasteiger partial charge in [0.25, 0.3) is 5.56 Å². The van der Waals surface area contributed by atoms with Crippen LogP contribution in [0.25, 0.3) is 27.7 Å². The molecule has 0 atom stereocenters. The maximum absolute atomic E-state index is 12.8. The van der Waals surface area contributed by atoms with Crippen molar-refractivity contribution in [3.8, 4) is 11.3 Å². The van der Waals surface area contributed by atoms with Gasteiger partial charge in [0.2, 0.25) is 5.91 Å². The Morgan fingerprint density at radius 2 is 1.97 bits per heavy atom. The minimum Gasteiger partial charge on any atom is -0.387 e. The fraction of sp³-hybridized carbons (Fsp3) is 0.292. The van der Waals surface area contributed by atoms with E-state index in [9.17, 15) is 9.59 Å². The first-order chi connectivity index (χ1) is 15.6. The summed E-state index contributed by atoms with van der Waals surface area (Å²) in [6.45, 7) is 6.11. The average Bonchev–Trinajstić information content (AvgIpc) is 3.18. The third-order valence-electron chi connectivity index (χ3n) is 6.20. The Morgan fingerprint density at radius 3 is 2.72 bits per heavy atom. The molecule has 8 nitrogen and oxygen atoms in total. The van der Waals surface area contributed by atoms with Gasteiger partial charge in [-0.2, -0.15) is 5.10 Å². The summed E-state index contributed by atoms with van der Waals surface area (Å²) in [5, 5.41) is 11.2. The molecule has 0 radical (unpaired) electrons. The Labute approximate surface area is 185 Å². The number of nitrogens with zero attached hydrogens (tertiary/aromatic N) is 3. The molecule has 0 spiro atoms. The molecule has 2 aromatic heterocycles. The summed E-state index contributed by atoms with van der Waals surface area (Å²) < 4.78 is 0. The van der Waals surface area contributed by atoms with Crippen LogP contribution in [0.4, 0.5) is 0 Å². The molecular weight excluding hydrogens is 404 g/mol. The van der Waals surface area contributed by atoms with Gasteiger partial charge in [0, 0.05) is 62.7 Å². The molecule has 0 unspecified atom stereocenters. The first kappa shape index (κ1) is 20.3. The van der Waals surface area contributed by atoms with Gasteiger partial charge in [-0.1, -0.05) is 24.3 Å². The number of rotatable bonds is 4. The van der Waals surface area contributed by atoms with Gasteiger partial charge in [0.1, 0.15) is 0 Å². The minimum absolute atomic E-state index is 0.120. The molecule has 32 heavy (non-hydrogen) atoms. The lowest BCUT2D eigenvalue weighted by molar-refractivity contribution is -0.130. The van der Waals surface area contributed by atoms with Crippen molar-refractivity contribution in [3.05, 3.63) is 70.3 Å². The van der Waals surface area contributed by atoms with Crippen LogP contribution in [-0.2, 0) is 11.3 Å².